The fourth-order valence-corrected chi connectivity index (χ4v) is 4.04. The van der Waals surface area contributed by atoms with Crippen LogP contribution in [0.25, 0.3) is 22.0 Å². The zero-order chi connectivity index (χ0) is 27.6. The minimum Gasteiger partial charge on any atom is -0.484 e. The number of anilines is 1. The number of aromatic amines is 1. The Morgan fingerprint density at radius 2 is 1.55 bits per heavy atom. The second kappa shape index (κ2) is 10.4. The molecule has 0 saturated heterocycles. The summed E-state index contributed by atoms with van der Waals surface area (Å²) in [6.45, 7) is -1.43. The van der Waals surface area contributed by atoms with Crippen LogP contribution in [0.4, 0.5) is 18.9 Å². The summed E-state index contributed by atoms with van der Waals surface area (Å²) in [6.07, 6.45) is -5.00. The molecule has 0 fully saturated rings. The van der Waals surface area contributed by atoms with E-state index in [9.17, 15) is 33.0 Å². The molecule has 0 unspecified atom stereocenters. The van der Waals surface area contributed by atoms with Crippen LogP contribution in [0, 0.1) is 0 Å². The normalized spacial score (nSPS) is 11.4. The lowest BCUT2D eigenvalue weighted by molar-refractivity contribution is -0.153. The van der Waals surface area contributed by atoms with Crippen molar-refractivity contribution in [3.63, 3.8) is 0 Å². The summed E-state index contributed by atoms with van der Waals surface area (Å²) in [6, 6.07) is 16.0. The third-order valence-electron chi connectivity index (χ3n) is 5.67. The molecule has 11 heteroatoms. The number of hydrogen-bond donors (Lipinski definition) is 3. The van der Waals surface area contributed by atoms with E-state index in [-0.39, 0.29) is 33.9 Å². The van der Waals surface area contributed by atoms with Crippen molar-refractivity contribution in [3.05, 3.63) is 71.9 Å². The van der Waals surface area contributed by atoms with E-state index in [1.54, 1.807) is 24.3 Å². The molecule has 1 aromatic heterocycles. The zero-order valence-corrected chi connectivity index (χ0v) is 20.3. The predicted octanol–water partition coefficient (Wildman–Crippen LogP) is 5.96. The molecule has 0 amide bonds. The highest BCUT2D eigenvalue weighted by molar-refractivity contribution is 6.12. The van der Waals surface area contributed by atoms with E-state index in [1.165, 1.54) is 24.3 Å². The van der Waals surface area contributed by atoms with Gasteiger partial charge in [-0.15, -0.1) is 0 Å². The molecule has 3 aromatic carbocycles. The Kier molecular flexibility index (Phi) is 7.20. The van der Waals surface area contributed by atoms with E-state index in [2.05, 4.69) is 4.98 Å². The van der Waals surface area contributed by atoms with Crippen LogP contribution in [0.1, 0.15) is 16.1 Å². The van der Waals surface area contributed by atoms with Crippen molar-refractivity contribution in [3.8, 4) is 28.4 Å². The summed E-state index contributed by atoms with van der Waals surface area (Å²) in [5.74, 6) is -1.96. The number of fused-ring (bicyclic) bond motifs is 1. The molecule has 4 aromatic rings. The topological polar surface area (TPSA) is 112 Å². The van der Waals surface area contributed by atoms with Gasteiger partial charge in [0.25, 0.3) is 0 Å². The Balaban J connectivity index is 1.83. The maximum absolute atomic E-state index is 12.4. The van der Waals surface area contributed by atoms with Gasteiger partial charge in [0, 0.05) is 41.9 Å². The predicted molar refractivity (Wildman–Crippen MR) is 134 cm³/mol. The molecule has 0 aliphatic heterocycles. The quantitative estimate of drug-likeness (QED) is 0.246. The average Bonchev–Trinajstić information content (AvgIpc) is 3.20. The Morgan fingerprint density at radius 3 is 2.11 bits per heavy atom. The number of aromatic carboxylic acids is 1. The maximum atomic E-state index is 12.4. The van der Waals surface area contributed by atoms with Gasteiger partial charge in [-0.3, -0.25) is 4.79 Å². The summed E-state index contributed by atoms with van der Waals surface area (Å²) in [5, 5.41) is 19.6. The van der Waals surface area contributed by atoms with Crippen LogP contribution in [-0.2, 0) is 11.2 Å². The molecule has 0 radical (unpaired) electrons. The van der Waals surface area contributed by atoms with Crippen LogP contribution >= 0.6 is 0 Å². The van der Waals surface area contributed by atoms with Crippen molar-refractivity contribution in [2.75, 3.05) is 25.6 Å². The molecular weight excluding hydrogens is 505 g/mol. The minimum atomic E-state index is -4.47. The number of carboxylic acid groups (broad SMARTS) is 2. The van der Waals surface area contributed by atoms with Crippen molar-refractivity contribution in [1.29, 1.82) is 0 Å². The molecule has 198 valence electrons. The number of carbonyl (C=O) groups is 2. The van der Waals surface area contributed by atoms with Gasteiger partial charge in [-0.25, -0.2) is 4.79 Å². The lowest BCUT2D eigenvalue weighted by atomic mass is 9.96. The van der Waals surface area contributed by atoms with Crippen molar-refractivity contribution < 1.29 is 42.4 Å². The number of carboxylic acids is 2. The summed E-state index contributed by atoms with van der Waals surface area (Å²) >= 11 is 0. The summed E-state index contributed by atoms with van der Waals surface area (Å²) in [5.41, 5.74) is 2.19. The molecular formula is C27H23F3N2O6. The van der Waals surface area contributed by atoms with Crippen LogP contribution in [0.5, 0.6) is 17.2 Å². The summed E-state index contributed by atoms with van der Waals surface area (Å²) < 4.78 is 48.1. The smallest absolute Gasteiger partial charge is 0.422 e. The number of nitrogens with zero attached hydrogens (tertiary/aromatic N) is 1. The molecule has 0 saturated carbocycles. The largest absolute Gasteiger partial charge is 0.484 e. The molecule has 0 spiro atoms. The Labute approximate surface area is 214 Å². The standard InChI is InChI=1S/C27H23F3N2O6/c1-32(2)16-5-3-15(4-6-16)23-21(38-18-9-7-17(8-10-18)37-14-27(28,29)30)12-11-19-24(23)25(26(35)36)20(31-19)13-22(33)34/h3-12,31H,13-14H2,1-2H3,(H,33,34)(H,35,36). The van der Waals surface area contributed by atoms with Gasteiger partial charge >= 0.3 is 18.1 Å². The van der Waals surface area contributed by atoms with Crippen molar-refractivity contribution in [2.24, 2.45) is 0 Å². The van der Waals surface area contributed by atoms with E-state index in [4.69, 9.17) is 9.47 Å². The van der Waals surface area contributed by atoms with E-state index in [0.29, 0.717) is 16.6 Å². The van der Waals surface area contributed by atoms with Crippen LogP contribution in [-0.4, -0.2) is 54.0 Å². The Hall–Kier alpha value is -4.67. The lowest BCUT2D eigenvalue weighted by Gasteiger charge is -2.16. The molecule has 0 atom stereocenters. The highest BCUT2D eigenvalue weighted by Crippen LogP contribution is 2.42. The summed E-state index contributed by atoms with van der Waals surface area (Å²) in [4.78, 5) is 28.5. The van der Waals surface area contributed by atoms with Gasteiger partial charge in [-0.05, 0) is 54.1 Å². The third kappa shape index (κ3) is 5.83. The van der Waals surface area contributed by atoms with Gasteiger partial charge < -0.3 is 29.6 Å². The first-order chi connectivity index (χ1) is 17.9. The van der Waals surface area contributed by atoms with Gasteiger partial charge in [-0.1, -0.05) is 12.1 Å². The Bertz CT molecular complexity index is 1480. The number of aliphatic carboxylic acids is 1. The number of rotatable bonds is 9. The minimum absolute atomic E-state index is 0.00161. The van der Waals surface area contributed by atoms with Crippen molar-refractivity contribution in [2.45, 2.75) is 12.6 Å². The molecule has 8 nitrogen and oxygen atoms in total. The van der Waals surface area contributed by atoms with Crippen LogP contribution in [0.2, 0.25) is 0 Å². The molecule has 38 heavy (non-hydrogen) atoms. The Morgan fingerprint density at radius 1 is 0.921 bits per heavy atom. The number of alkyl halides is 3. The SMILES string of the molecule is CN(C)c1ccc(-c2c(Oc3ccc(OCC(F)(F)F)cc3)ccc3[nH]c(CC(=O)O)c(C(=O)O)c23)cc1. The second-order valence-electron chi connectivity index (χ2n) is 8.63. The monoisotopic (exact) mass is 528 g/mol. The van der Waals surface area contributed by atoms with E-state index in [1.807, 2.05) is 31.1 Å². The van der Waals surface area contributed by atoms with E-state index >= 15 is 0 Å². The number of benzene rings is 3. The third-order valence-corrected chi connectivity index (χ3v) is 5.67. The molecule has 0 aliphatic rings. The average molecular weight is 528 g/mol. The number of ether oxygens (including phenoxy) is 2. The molecule has 0 bridgehead atoms. The maximum Gasteiger partial charge on any atom is 0.422 e. The second-order valence-corrected chi connectivity index (χ2v) is 8.63. The van der Waals surface area contributed by atoms with Crippen molar-refractivity contribution >= 4 is 28.5 Å². The first kappa shape index (κ1) is 26.4. The molecule has 1 heterocycles. The molecule has 4 rings (SSSR count). The van der Waals surface area contributed by atoms with Gasteiger partial charge in [0.1, 0.15) is 17.2 Å². The van der Waals surface area contributed by atoms with Crippen LogP contribution in [0.15, 0.2) is 60.7 Å². The number of aromatic nitrogens is 1. The van der Waals surface area contributed by atoms with E-state index in [0.717, 1.165) is 5.69 Å². The first-order valence-corrected chi connectivity index (χ1v) is 11.3. The van der Waals surface area contributed by atoms with Gasteiger partial charge in [-0.2, -0.15) is 13.2 Å². The fraction of sp³-hybridized carbons (Fsp3) is 0.185. The highest BCUT2D eigenvalue weighted by atomic mass is 19.4. The lowest BCUT2D eigenvalue weighted by Crippen LogP contribution is -2.19. The number of H-pyrrole nitrogens is 1. The summed E-state index contributed by atoms with van der Waals surface area (Å²) in [7, 11) is 3.75. The first-order valence-electron chi connectivity index (χ1n) is 11.3. The number of hydrogen-bond acceptors (Lipinski definition) is 5. The number of halogens is 3. The van der Waals surface area contributed by atoms with Gasteiger partial charge in [0.15, 0.2) is 6.61 Å². The van der Waals surface area contributed by atoms with E-state index < -0.39 is 31.1 Å². The highest BCUT2D eigenvalue weighted by Gasteiger charge is 2.28. The molecule has 3 N–H and O–H groups in total. The zero-order valence-electron chi connectivity index (χ0n) is 20.3. The number of nitrogens with one attached hydrogen (secondary N) is 1. The van der Waals surface area contributed by atoms with Gasteiger partial charge in [0.2, 0.25) is 0 Å². The van der Waals surface area contributed by atoms with Crippen LogP contribution in [0.3, 0.4) is 0 Å². The van der Waals surface area contributed by atoms with Crippen molar-refractivity contribution in [1.82, 2.24) is 4.98 Å². The molecule has 0 aliphatic carbocycles. The van der Waals surface area contributed by atoms with Gasteiger partial charge in [0.05, 0.1) is 12.0 Å². The van der Waals surface area contributed by atoms with Crippen LogP contribution < -0.4 is 14.4 Å². The fourth-order valence-electron chi connectivity index (χ4n) is 4.04.